The van der Waals surface area contributed by atoms with E-state index in [1.165, 1.54) is 10.7 Å². The lowest BCUT2D eigenvalue weighted by Gasteiger charge is -2.34. The van der Waals surface area contributed by atoms with Crippen molar-refractivity contribution in [1.82, 2.24) is 29.7 Å². The number of nitrogens with one attached hydrogen (secondary N) is 1. The van der Waals surface area contributed by atoms with Gasteiger partial charge in [-0.3, -0.25) is 4.79 Å². The minimum absolute atomic E-state index is 0.0110. The Morgan fingerprint density at radius 1 is 1.18 bits per heavy atom. The van der Waals surface area contributed by atoms with Crippen LogP contribution in [-0.4, -0.2) is 29.7 Å². The van der Waals surface area contributed by atoms with Crippen LogP contribution in [0.15, 0.2) is 47.5 Å². The highest BCUT2D eigenvalue weighted by Crippen LogP contribution is 2.46. The summed E-state index contributed by atoms with van der Waals surface area (Å²) in [5.41, 5.74) is -0.962. The van der Waals surface area contributed by atoms with E-state index in [2.05, 4.69) is 25.0 Å². The zero-order valence-electron chi connectivity index (χ0n) is 17.9. The summed E-state index contributed by atoms with van der Waals surface area (Å²) in [5.74, 6) is 0.930. The molecule has 3 heterocycles. The van der Waals surface area contributed by atoms with E-state index < -0.39 is 23.3 Å². The molecule has 1 aromatic carbocycles. The van der Waals surface area contributed by atoms with Crippen molar-refractivity contribution in [3.63, 3.8) is 0 Å². The molecule has 172 valence electrons. The molecule has 0 bridgehead atoms. The number of aromatic nitrogens is 6. The maximum Gasteiger partial charge on any atom is 0.416 e. The minimum Gasteiger partial charge on any atom is -0.310 e. The molecule has 3 atom stereocenters. The number of nitriles is 1. The van der Waals surface area contributed by atoms with Gasteiger partial charge in [-0.15, -0.1) is 0 Å². The van der Waals surface area contributed by atoms with Gasteiger partial charge in [0.25, 0.3) is 5.56 Å². The number of rotatable bonds is 4. The highest BCUT2D eigenvalue weighted by Gasteiger charge is 2.38. The van der Waals surface area contributed by atoms with Gasteiger partial charge in [-0.25, -0.2) is 19.6 Å². The Hall–Kier alpha value is -4.07. The quantitative estimate of drug-likeness (QED) is 0.486. The second-order valence-electron chi connectivity index (χ2n) is 8.25. The van der Waals surface area contributed by atoms with Crippen molar-refractivity contribution in [1.29, 1.82) is 5.26 Å². The Kier molecular flexibility index (Phi) is 5.16. The molecule has 1 aliphatic carbocycles. The van der Waals surface area contributed by atoms with Crippen LogP contribution in [0.1, 0.15) is 66.1 Å². The van der Waals surface area contributed by atoms with E-state index in [-0.39, 0.29) is 28.6 Å². The number of H-pyrrole nitrogens is 1. The molecule has 1 unspecified atom stereocenters. The second kappa shape index (κ2) is 8.06. The van der Waals surface area contributed by atoms with Crippen molar-refractivity contribution in [3.05, 3.63) is 81.5 Å². The third kappa shape index (κ3) is 3.61. The molecule has 3 aromatic heterocycles. The third-order valence-corrected chi connectivity index (χ3v) is 6.29. The molecular weight excluding hydrogens is 447 g/mol. The Bertz CT molecular complexity index is 1470. The van der Waals surface area contributed by atoms with Crippen LogP contribution in [0.4, 0.5) is 13.2 Å². The van der Waals surface area contributed by atoms with Gasteiger partial charge in [-0.2, -0.15) is 23.5 Å². The number of hydrogen-bond acceptors (Lipinski definition) is 6. The number of halogens is 3. The van der Waals surface area contributed by atoms with Crippen LogP contribution in [-0.2, 0) is 6.18 Å². The number of benzene rings is 1. The largest absolute Gasteiger partial charge is 0.416 e. The summed E-state index contributed by atoms with van der Waals surface area (Å²) in [7, 11) is 0. The zero-order chi connectivity index (χ0) is 24.0. The van der Waals surface area contributed by atoms with E-state index in [9.17, 15) is 23.2 Å². The predicted molar refractivity (Wildman–Crippen MR) is 115 cm³/mol. The third-order valence-electron chi connectivity index (χ3n) is 6.29. The van der Waals surface area contributed by atoms with E-state index in [0.717, 1.165) is 25.0 Å². The average Bonchev–Trinajstić information content (AvgIpc) is 3.17. The Labute approximate surface area is 191 Å². The topological polar surface area (TPSA) is 113 Å². The standard InChI is InChI=1S/C23H18F3N7O/c1-12(13-4-2-5-14(10-13)23(24,25)26)33-21-18(17(11-27)32-33)22(34)31-20(30-21)16-7-6-15(16)19-28-8-3-9-29-19/h2-5,8-10,12,15-16H,6-7H2,1H3,(H,30,31,34)/t12?,15-,16-/m1/s1. The van der Waals surface area contributed by atoms with Crippen molar-refractivity contribution in [2.75, 3.05) is 0 Å². The molecule has 0 spiro atoms. The first-order chi connectivity index (χ1) is 16.3. The van der Waals surface area contributed by atoms with Gasteiger partial charge in [0.1, 0.15) is 23.1 Å². The fourth-order valence-corrected chi connectivity index (χ4v) is 4.34. The molecule has 0 aliphatic heterocycles. The van der Waals surface area contributed by atoms with E-state index in [1.54, 1.807) is 31.5 Å². The number of fused-ring (bicyclic) bond motifs is 1. The van der Waals surface area contributed by atoms with Crippen LogP contribution in [0, 0.1) is 11.3 Å². The number of alkyl halides is 3. The predicted octanol–water partition coefficient (Wildman–Crippen LogP) is 4.07. The number of hydrogen-bond donors (Lipinski definition) is 1. The van der Waals surface area contributed by atoms with Gasteiger partial charge in [-0.1, -0.05) is 12.1 Å². The molecule has 4 aromatic rings. The van der Waals surface area contributed by atoms with Crippen LogP contribution in [0.3, 0.4) is 0 Å². The summed E-state index contributed by atoms with van der Waals surface area (Å²) >= 11 is 0. The number of nitrogens with zero attached hydrogens (tertiary/aromatic N) is 6. The van der Waals surface area contributed by atoms with Gasteiger partial charge in [0, 0.05) is 24.2 Å². The van der Waals surface area contributed by atoms with Gasteiger partial charge < -0.3 is 4.98 Å². The summed E-state index contributed by atoms with van der Waals surface area (Å²) < 4.78 is 41.0. The Balaban J connectivity index is 1.61. The first kappa shape index (κ1) is 21.8. The fraction of sp³-hybridized carbons (Fsp3) is 0.304. The van der Waals surface area contributed by atoms with Crippen molar-refractivity contribution in [3.8, 4) is 6.07 Å². The van der Waals surface area contributed by atoms with Gasteiger partial charge in [0.2, 0.25) is 0 Å². The monoisotopic (exact) mass is 465 g/mol. The second-order valence-corrected chi connectivity index (χ2v) is 8.25. The molecule has 0 amide bonds. The summed E-state index contributed by atoms with van der Waals surface area (Å²) in [5, 5.41) is 13.8. The zero-order valence-corrected chi connectivity index (χ0v) is 17.9. The van der Waals surface area contributed by atoms with Crippen molar-refractivity contribution in [2.24, 2.45) is 0 Å². The highest BCUT2D eigenvalue weighted by molar-refractivity contribution is 5.80. The summed E-state index contributed by atoms with van der Waals surface area (Å²) in [6, 6.07) is 7.79. The highest BCUT2D eigenvalue weighted by atomic mass is 19.4. The van der Waals surface area contributed by atoms with Crippen LogP contribution in [0.2, 0.25) is 0 Å². The molecule has 0 radical (unpaired) electrons. The molecule has 34 heavy (non-hydrogen) atoms. The van der Waals surface area contributed by atoms with E-state index >= 15 is 0 Å². The average molecular weight is 465 g/mol. The van der Waals surface area contributed by atoms with Crippen molar-refractivity contribution >= 4 is 11.0 Å². The summed E-state index contributed by atoms with van der Waals surface area (Å²) in [6.07, 6.45) is 0.408. The molecular formula is C23H18F3N7O. The molecule has 1 fully saturated rings. The van der Waals surface area contributed by atoms with E-state index in [0.29, 0.717) is 17.2 Å². The summed E-state index contributed by atoms with van der Waals surface area (Å²) in [6.45, 7) is 1.65. The maximum absolute atomic E-state index is 13.2. The first-order valence-corrected chi connectivity index (χ1v) is 10.6. The smallest absolute Gasteiger partial charge is 0.310 e. The lowest BCUT2D eigenvalue weighted by Crippen LogP contribution is -2.28. The molecule has 1 saturated carbocycles. The fourth-order valence-electron chi connectivity index (χ4n) is 4.34. The van der Waals surface area contributed by atoms with Gasteiger partial charge in [-0.05, 0) is 43.5 Å². The van der Waals surface area contributed by atoms with Gasteiger partial charge in [0.05, 0.1) is 11.6 Å². The molecule has 1 N–H and O–H groups in total. The molecule has 8 nitrogen and oxygen atoms in total. The van der Waals surface area contributed by atoms with Crippen LogP contribution in [0.25, 0.3) is 11.0 Å². The van der Waals surface area contributed by atoms with E-state index in [1.807, 2.05) is 6.07 Å². The normalized spacial score (nSPS) is 18.9. The van der Waals surface area contributed by atoms with Crippen LogP contribution < -0.4 is 5.56 Å². The van der Waals surface area contributed by atoms with Crippen LogP contribution in [0.5, 0.6) is 0 Å². The first-order valence-electron chi connectivity index (χ1n) is 10.6. The minimum atomic E-state index is -4.50. The SMILES string of the molecule is CC(c1cccc(C(F)(F)F)c1)n1nc(C#N)c2c(=O)[nH]c([C@@H]3CC[C@H]3c3ncccn3)nc21. The molecule has 5 rings (SSSR count). The maximum atomic E-state index is 13.2. The number of aromatic amines is 1. The van der Waals surface area contributed by atoms with Gasteiger partial charge in [0.15, 0.2) is 11.3 Å². The lowest BCUT2D eigenvalue weighted by atomic mass is 9.72. The van der Waals surface area contributed by atoms with Crippen molar-refractivity contribution < 1.29 is 13.2 Å². The van der Waals surface area contributed by atoms with E-state index in [4.69, 9.17) is 0 Å². The van der Waals surface area contributed by atoms with Gasteiger partial charge >= 0.3 is 6.18 Å². The Morgan fingerprint density at radius 2 is 1.91 bits per heavy atom. The summed E-state index contributed by atoms with van der Waals surface area (Å²) in [4.78, 5) is 29.0. The lowest BCUT2D eigenvalue weighted by molar-refractivity contribution is -0.137. The van der Waals surface area contributed by atoms with Crippen LogP contribution >= 0.6 is 0 Å². The van der Waals surface area contributed by atoms with Crippen molar-refractivity contribution in [2.45, 2.75) is 43.8 Å². The molecule has 0 saturated heterocycles. The molecule has 1 aliphatic rings. The Morgan fingerprint density at radius 3 is 2.56 bits per heavy atom. The molecule has 11 heteroatoms.